The van der Waals surface area contributed by atoms with Gasteiger partial charge in [-0.3, -0.25) is 0 Å². The van der Waals surface area contributed by atoms with Gasteiger partial charge in [0.1, 0.15) is 0 Å². The van der Waals surface area contributed by atoms with Crippen LogP contribution >= 0.6 is 0 Å². The molecule has 0 aliphatic rings. The molecule has 0 aromatic heterocycles. The maximum atomic E-state index is 12.9. The molecule has 14 heavy (non-hydrogen) atoms. The molecule has 0 aromatic rings. The lowest BCUT2D eigenvalue weighted by molar-refractivity contribution is -0.227. The minimum atomic E-state index is -5.03. The maximum Gasteiger partial charge on any atom is 0.422 e. The van der Waals surface area contributed by atoms with E-state index in [4.69, 9.17) is 0 Å². The molecule has 2 unspecified atom stereocenters. The van der Waals surface area contributed by atoms with E-state index in [0.29, 0.717) is 13.0 Å². The second kappa shape index (κ2) is 4.23. The number of rotatable bonds is 3. The molecule has 0 N–H and O–H groups in total. The molecule has 0 aliphatic heterocycles. The summed E-state index contributed by atoms with van der Waals surface area (Å²) in [6, 6.07) is 0. The first-order chi connectivity index (χ1) is 6.06. The zero-order valence-corrected chi connectivity index (χ0v) is 7.63. The first-order valence-electron chi connectivity index (χ1n) is 3.85. The summed E-state index contributed by atoms with van der Waals surface area (Å²) in [4.78, 5) is 0. The van der Waals surface area contributed by atoms with Crippen molar-refractivity contribution in [1.29, 1.82) is 0 Å². The van der Waals surface area contributed by atoms with E-state index in [2.05, 4.69) is 0 Å². The first-order valence-corrected chi connectivity index (χ1v) is 3.85. The van der Waals surface area contributed by atoms with Crippen molar-refractivity contribution in [3.05, 3.63) is 12.2 Å². The van der Waals surface area contributed by atoms with Crippen LogP contribution < -0.4 is 0 Å². The van der Waals surface area contributed by atoms with Crippen molar-refractivity contribution < 1.29 is 26.3 Å². The van der Waals surface area contributed by atoms with E-state index < -0.39 is 30.3 Å². The van der Waals surface area contributed by atoms with E-state index in [1.54, 1.807) is 0 Å². The molecule has 0 nitrogen and oxygen atoms in total. The summed E-state index contributed by atoms with van der Waals surface area (Å²) in [5.74, 6) is -1.16. The Balaban J connectivity index is 4.45. The quantitative estimate of drug-likeness (QED) is 0.628. The number of alkyl halides is 4. The molecule has 0 bridgehead atoms. The summed E-state index contributed by atoms with van der Waals surface area (Å²) in [5, 5.41) is 0. The highest BCUT2D eigenvalue weighted by Crippen LogP contribution is 2.38. The number of hydrogen-bond acceptors (Lipinski definition) is 0. The number of allylic oxidation sites excluding steroid dienone is 1. The van der Waals surface area contributed by atoms with Gasteiger partial charge in [-0.15, -0.1) is 0 Å². The van der Waals surface area contributed by atoms with Gasteiger partial charge in [0.25, 0.3) is 6.08 Å². The van der Waals surface area contributed by atoms with Gasteiger partial charge in [0.15, 0.2) is 0 Å². The molecule has 0 rings (SSSR count). The van der Waals surface area contributed by atoms with E-state index >= 15 is 0 Å². The summed E-state index contributed by atoms with van der Waals surface area (Å²) < 4.78 is 72.0. The summed E-state index contributed by atoms with van der Waals surface area (Å²) in [5.41, 5.74) is -3.43. The van der Waals surface area contributed by atoms with Gasteiger partial charge in [0, 0.05) is 0 Å². The molecule has 0 saturated carbocycles. The van der Waals surface area contributed by atoms with Crippen LogP contribution in [0.15, 0.2) is 12.2 Å². The minimum absolute atomic E-state index is 0.309. The Kier molecular flexibility index (Phi) is 4.02. The standard InChI is InChI=1S/C8H10F6/c1-5(3-6(9)10)4-7(2,11)8(12,13)14/h3,5H,4H2,1-2H3. The second-order valence-corrected chi connectivity index (χ2v) is 3.33. The summed E-state index contributed by atoms with van der Waals surface area (Å²) >= 11 is 0. The highest BCUT2D eigenvalue weighted by Gasteiger charge is 2.52. The second-order valence-electron chi connectivity index (χ2n) is 3.33. The molecule has 6 heteroatoms. The Morgan fingerprint density at radius 1 is 1.21 bits per heavy atom. The minimum Gasteiger partial charge on any atom is -0.234 e. The molecule has 0 aromatic carbocycles. The molecule has 0 heterocycles. The van der Waals surface area contributed by atoms with Crippen molar-refractivity contribution in [2.75, 3.05) is 0 Å². The Bertz CT molecular complexity index is 210. The average Bonchev–Trinajstić information content (AvgIpc) is 1.79. The SMILES string of the molecule is CC(C=C(F)F)CC(C)(F)C(F)(F)F. The highest BCUT2D eigenvalue weighted by molar-refractivity contribution is 4.92. The molecule has 0 saturated heterocycles. The van der Waals surface area contributed by atoms with Crippen LogP contribution in [0.2, 0.25) is 0 Å². The van der Waals surface area contributed by atoms with E-state index in [0.717, 1.165) is 6.92 Å². The lowest BCUT2D eigenvalue weighted by atomic mass is 9.94. The van der Waals surface area contributed by atoms with Crippen molar-refractivity contribution in [2.45, 2.75) is 32.1 Å². The van der Waals surface area contributed by atoms with Crippen LogP contribution in [0.25, 0.3) is 0 Å². The van der Waals surface area contributed by atoms with Crippen LogP contribution in [-0.2, 0) is 0 Å². The molecular weight excluding hydrogens is 210 g/mol. The molecule has 84 valence electrons. The lowest BCUT2D eigenvalue weighted by Crippen LogP contribution is -2.38. The average molecular weight is 220 g/mol. The van der Waals surface area contributed by atoms with Gasteiger partial charge in [0.2, 0.25) is 5.67 Å². The predicted molar refractivity (Wildman–Crippen MR) is 39.6 cm³/mol. The van der Waals surface area contributed by atoms with Crippen LogP contribution in [0.3, 0.4) is 0 Å². The monoisotopic (exact) mass is 220 g/mol. The Hall–Kier alpha value is -0.680. The zero-order valence-electron chi connectivity index (χ0n) is 7.63. The first kappa shape index (κ1) is 13.3. The van der Waals surface area contributed by atoms with Crippen molar-refractivity contribution in [3.63, 3.8) is 0 Å². The highest BCUT2D eigenvalue weighted by atomic mass is 19.4. The molecule has 0 radical (unpaired) electrons. The van der Waals surface area contributed by atoms with Crippen LogP contribution in [-0.4, -0.2) is 11.8 Å². The fourth-order valence-corrected chi connectivity index (χ4v) is 0.994. The van der Waals surface area contributed by atoms with Crippen LogP contribution in [0, 0.1) is 5.92 Å². The van der Waals surface area contributed by atoms with Crippen LogP contribution in [0.1, 0.15) is 20.3 Å². The van der Waals surface area contributed by atoms with Gasteiger partial charge in [-0.1, -0.05) is 6.92 Å². The maximum absolute atomic E-state index is 12.9. The van der Waals surface area contributed by atoms with E-state index in [9.17, 15) is 26.3 Å². The molecule has 2 atom stereocenters. The van der Waals surface area contributed by atoms with Crippen molar-refractivity contribution in [3.8, 4) is 0 Å². The van der Waals surface area contributed by atoms with Gasteiger partial charge >= 0.3 is 6.18 Å². The van der Waals surface area contributed by atoms with Gasteiger partial charge in [0.05, 0.1) is 0 Å². The summed E-state index contributed by atoms with van der Waals surface area (Å²) in [6.45, 7) is 1.44. The molecule has 0 amide bonds. The smallest absolute Gasteiger partial charge is 0.234 e. The predicted octanol–water partition coefficient (Wildman–Crippen LogP) is 4.08. The van der Waals surface area contributed by atoms with E-state index in [-0.39, 0.29) is 0 Å². The number of halogens is 6. The Morgan fingerprint density at radius 3 is 1.93 bits per heavy atom. The fourth-order valence-electron chi connectivity index (χ4n) is 0.994. The van der Waals surface area contributed by atoms with E-state index in [1.165, 1.54) is 0 Å². The topological polar surface area (TPSA) is 0 Å². The van der Waals surface area contributed by atoms with Crippen LogP contribution in [0.4, 0.5) is 26.3 Å². The summed E-state index contributed by atoms with van der Waals surface area (Å²) in [7, 11) is 0. The van der Waals surface area contributed by atoms with Crippen molar-refractivity contribution in [2.24, 2.45) is 5.92 Å². The zero-order chi connectivity index (χ0) is 11.6. The lowest BCUT2D eigenvalue weighted by Gasteiger charge is -2.25. The Labute approximate surface area is 77.6 Å². The largest absolute Gasteiger partial charge is 0.422 e. The molecule has 0 spiro atoms. The van der Waals surface area contributed by atoms with Gasteiger partial charge in [-0.05, 0) is 25.3 Å². The molecular formula is C8H10F6. The van der Waals surface area contributed by atoms with Crippen LogP contribution in [0.5, 0.6) is 0 Å². The van der Waals surface area contributed by atoms with Gasteiger partial charge < -0.3 is 0 Å². The van der Waals surface area contributed by atoms with Crippen molar-refractivity contribution in [1.82, 2.24) is 0 Å². The molecule has 0 fully saturated rings. The number of hydrogen-bond donors (Lipinski definition) is 0. The van der Waals surface area contributed by atoms with Crippen molar-refractivity contribution >= 4 is 0 Å². The molecule has 0 aliphatic carbocycles. The normalized spacial score (nSPS) is 18.6. The van der Waals surface area contributed by atoms with E-state index in [1.807, 2.05) is 0 Å². The third-order valence-electron chi connectivity index (χ3n) is 1.71. The summed E-state index contributed by atoms with van der Waals surface area (Å²) in [6.07, 6.45) is -7.82. The third kappa shape index (κ3) is 4.02. The van der Waals surface area contributed by atoms with Gasteiger partial charge in [-0.25, -0.2) is 4.39 Å². The third-order valence-corrected chi connectivity index (χ3v) is 1.71. The van der Waals surface area contributed by atoms with Gasteiger partial charge in [-0.2, -0.15) is 22.0 Å². The fraction of sp³-hybridized carbons (Fsp3) is 0.750. The Morgan fingerprint density at radius 2 is 1.64 bits per heavy atom.